The molecule has 0 saturated carbocycles. The van der Waals surface area contributed by atoms with Crippen LogP contribution in [0.25, 0.3) is 0 Å². The van der Waals surface area contributed by atoms with Crippen LogP contribution in [0.2, 0.25) is 0 Å². The first kappa shape index (κ1) is 18.9. The van der Waals surface area contributed by atoms with Gasteiger partial charge in [0.25, 0.3) is 0 Å². The van der Waals surface area contributed by atoms with Gasteiger partial charge in [-0.2, -0.15) is 0 Å². The zero-order chi connectivity index (χ0) is 17.5. The number of hydrogen-bond donors (Lipinski definition) is 1. The normalized spacial score (nSPS) is 30.0. The topological polar surface area (TPSA) is 52.6 Å². The quantitative estimate of drug-likeness (QED) is 0.552. The van der Waals surface area contributed by atoms with E-state index in [0.717, 1.165) is 84.1 Å². The summed E-state index contributed by atoms with van der Waals surface area (Å²) in [6.45, 7) is 14.4. The third-order valence-electron chi connectivity index (χ3n) is 5.61. The van der Waals surface area contributed by atoms with Crippen LogP contribution in [0.5, 0.6) is 0 Å². The van der Waals surface area contributed by atoms with Crippen molar-refractivity contribution in [2.24, 2.45) is 10.9 Å². The molecular weight excluding hydrogens is 318 g/mol. The van der Waals surface area contributed by atoms with E-state index in [9.17, 15) is 0 Å². The molecule has 2 unspecified atom stereocenters. The highest BCUT2D eigenvalue weighted by Gasteiger charge is 2.24. The Morgan fingerprint density at radius 2 is 1.88 bits per heavy atom. The molecule has 3 heterocycles. The summed E-state index contributed by atoms with van der Waals surface area (Å²) in [7, 11) is 1.89. The zero-order valence-corrected chi connectivity index (χ0v) is 16.0. The van der Waals surface area contributed by atoms with Gasteiger partial charge in [-0.05, 0) is 19.3 Å². The monoisotopic (exact) mass is 353 g/mol. The lowest BCUT2D eigenvalue weighted by Crippen LogP contribution is -2.54. The predicted molar refractivity (Wildman–Crippen MR) is 100 cm³/mol. The lowest BCUT2D eigenvalue weighted by molar-refractivity contribution is 0.000801. The molecular formula is C18H35N5O2. The number of ether oxygens (including phenoxy) is 2. The van der Waals surface area contributed by atoms with Gasteiger partial charge in [0.05, 0.1) is 19.8 Å². The second-order valence-electron chi connectivity index (χ2n) is 7.45. The van der Waals surface area contributed by atoms with E-state index < -0.39 is 0 Å². The number of nitrogens with zero attached hydrogens (tertiary/aromatic N) is 4. The summed E-state index contributed by atoms with van der Waals surface area (Å²) in [4.78, 5) is 12.0. The lowest BCUT2D eigenvalue weighted by atomic mass is 10.1. The van der Waals surface area contributed by atoms with Gasteiger partial charge < -0.3 is 19.7 Å². The first-order valence-corrected chi connectivity index (χ1v) is 9.83. The molecule has 2 atom stereocenters. The van der Waals surface area contributed by atoms with Crippen LogP contribution in [0.15, 0.2) is 4.99 Å². The number of rotatable bonds is 5. The van der Waals surface area contributed by atoms with Crippen molar-refractivity contribution in [1.29, 1.82) is 0 Å². The molecule has 0 spiro atoms. The van der Waals surface area contributed by atoms with Gasteiger partial charge in [-0.25, -0.2) is 0 Å². The van der Waals surface area contributed by atoms with Crippen molar-refractivity contribution in [3.8, 4) is 0 Å². The molecule has 1 N–H and O–H groups in total. The van der Waals surface area contributed by atoms with Gasteiger partial charge in [-0.15, -0.1) is 0 Å². The summed E-state index contributed by atoms with van der Waals surface area (Å²) >= 11 is 0. The number of hydrogen-bond acceptors (Lipinski definition) is 5. The standard InChI is InChI=1S/C18H35N5O2/c1-16-14-25-12-10-22(16)5-4-20-18(19-2)23-8-6-21(7-9-23)13-17-3-11-24-15-17/h16-17H,3-15H2,1-2H3,(H,19,20). The molecule has 0 radical (unpaired) electrons. The molecule has 0 bridgehead atoms. The van der Waals surface area contributed by atoms with Crippen LogP contribution in [0.4, 0.5) is 0 Å². The van der Waals surface area contributed by atoms with Crippen molar-refractivity contribution in [3.63, 3.8) is 0 Å². The van der Waals surface area contributed by atoms with E-state index >= 15 is 0 Å². The summed E-state index contributed by atoms with van der Waals surface area (Å²) in [5.41, 5.74) is 0. The Bertz CT molecular complexity index is 420. The molecule has 0 aliphatic carbocycles. The van der Waals surface area contributed by atoms with Gasteiger partial charge >= 0.3 is 0 Å². The molecule has 25 heavy (non-hydrogen) atoms. The second kappa shape index (κ2) is 9.71. The van der Waals surface area contributed by atoms with Crippen molar-refractivity contribution >= 4 is 5.96 Å². The maximum Gasteiger partial charge on any atom is 0.193 e. The van der Waals surface area contributed by atoms with Gasteiger partial charge in [-0.3, -0.25) is 14.8 Å². The largest absolute Gasteiger partial charge is 0.381 e. The lowest BCUT2D eigenvalue weighted by Gasteiger charge is -2.38. The molecule has 3 fully saturated rings. The van der Waals surface area contributed by atoms with E-state index in [2.05, 4.69) is 31.9 Å². The number of piperazine rings is 1. The first-order chi connectivity index (χ1) is 12.3. The van der Waals surface area contributed by atoms with Crippen molar-refractivity contribution < 1.29 is 9.47 Å². The van der Waals surface area contributed by atoms with Crippen LogP contribution in [0.1, 0.15) is 13.3 Å². The van der Waals surface area contributed by atoms with Gasteiger partial charge in [0.1, 0.15) is 0 Å². The fraction of sp³-hybridized carbons (Fsp3) is 0.944. The summed E-state index contributed by atoms with van der Waals surface area (Å²) in [5, 5.41) is 3.55. The predicted octanol–water partition coefficient (Wildman–Crippen LogP) is -0.0634. The number of nitrogens with one attached hydrogen (secondary N) is 1. The molecule has 3 saturated heterocycles. The van der Waals surface area contributed by atoms with E-state index in [0.29, 0.717) is 6.04 Å². The minimum absolute atomic E-state index is 0.515. The molecule has 3 aliphatic rings. The number of morpholine rings is 1. The van der Waals surface area contributed by atoms with Crippen LogP contribution >= 0.6 is 0 Å². The van der Waals surface area contributed by atoms with E-state index in [1.54, 1.807) is 0 Å². The van der Waals surface area contributed by atoms with Gasteiger partial charge in [0.2, 0.25) is 0 Å². The Morgan fingerprint density at radius 3 is 2.56 bits per heavy atom. The highest BCUT2D eigenvalue weighted by molar-refractivity contribution is 5.80. The average Bonchev–Trinajstić information content (AvgIpc) is 3.14. The third kappa shape index (κ3) is 5.54. The fourth-order valence-electron chi connectivity index (χ4n) is 3.97. The Morgan fingerprint density at radius 1 is 1.08 bits per heavy atom. The fourth-order valence-corrected chi connectivity index (χ4v) is 3.97. The van der Waals surface area contributed by atoms with Crippen LogP contribution in [0.3, 0.4) is 0 Å². The third-order valence-corrected chi connectivity index (χ3v) is 5.61. The molecule has 144 valence electrons. The molecule has 0 aromatic rings. The van der Waals surface area contributed by atoms with Crippen molar-refractivity contribution in [3.05, 3.63) is 0 Å². The highest BCUT2D eigenvalue weighted by Crippen LogP contribution is 2.15. The maximum atomic E-state index is 5.51. The molecule has 0 amide bonds. The average molecular weight is 354 g/mol. The van der Waals surface area contributed by atoms with E-state index in [1.165, 1.54) is 13.0 Å². The second-order valence-corrected chi connectivity index (χ2v) is 7.45. The minimum Gasteiger partial charge on any atom is -0.381 e. The maximum absolute atomic E-state index is 5.51. The smallest absolute Gasteiger partial charge is 0.193 e. The Balaban J connectivity index is 1.35. The number of guanidine groups is 1. The first-order valence-electron chi connectivity index (χ1n) is 9.83. The Hall–Kier alpha value is -0.890. The van der Waals surface area contributed by atoms with Gasteiger partial charge in [-0.1, -0.05) is 0 Å². The Labute approximate surface area is 152 Å². The zero-order valence-electron chi connectivity index (χ0n) is 16.0. The van der Waals surface area contributed by atoms with E-state index in [4.69, 9.17) is 9.47 Å². The van der Waals surface area contributed by atoms with Gasteiger partial charge in [0, 0.05) is 72.1 Å². The van der Waals surface area contributed by atoms with Crippen LogP contribution in [0, 0.1) is 5.92 Å². The van der Waals surface area contributed by atoms with Crippen LogP contribution < -0.4 is 5.32 Å². The molecule has 7 heteroatoms. The summed E-state index contributed by atoms with van der Waals surface area (Å²) in [6, 6.07) is 0.515. The summed E-state index contributed by atoms with van der Waals surface area (Å²) < 4.78 is 11.0. The molecule has 0 aromatic heterocycles. The van der Waals surface area contributed by atoms with Crippen LogP contribution in [-0.2, 0) is 9.47 Å². The molecule has 3 aliphatic heterocycles. The van der Waals surface area contributed by atoms with Gasteiger partial charge in [0.15, 0.2) is 5.96 Å². The summed E-state index contributed by atoms with van der Waals surface area (Å²) in [6.07, 6.45) is 1.23. The molecule has 3 rings (SSSR count). The highest BCUT2D eigenvalue weighted by atomic mass is 16.5. The van der Waals surface area contributed by atoms with Crippen molar-refractivity contribution in [2.45, 2.75) is 19.4 Å². The Kier molecular flexibility index (Phi) is 7.34. The van der Waals surface area contributed by atoms with Crippen molar-refractivity contribution in [2.75, 3.05) is 85.8 Å². The number of aliphatic imine (C=N–C) groups is 1. The summed E-state index contributed by atoms with van der Waals surface area (Å²) in [5.74, 6) is 1.78. The molecule has 7 nitrogen and oxygen atoms in total. The molecule has 0 aromatic carbocycles. The van der Waals surface area contributed by atoms with Crippen molar-refractivity contribution in [1.82, 2.24) is 20.0 Å². The minimum atomic E-state index is 0.515. The van der Waals surface area contributed by atoms with E-state index in [-0.39, 0.29) is 0 Å². The van der Waals surface area contributed by atoms with Crippen LogP contribution in [-0.4, -0.2) is 113 Å². The SMILES string of the molecule is CN=C(NCCN1CCOCC1C)N1CCN(CC2CCOC2)CC1. The van der Waals surface area contributed by atoms with E-state index in [1.807, 2.05) is 7.05 Å².